The van der Waals surface area contributed by atoms with Crippen molar-refractivity contribution < 1.29 is 4.74 Å². The third kappa shape index (κ3) is 3.78. The van der Waals surface area contributed by atoms with Crippen LogP contribution in [0.25, 0.3) is 0 Å². The smallest absolute Gasteiger partial charge is 0.122 e. The Hall–Kier alpha value is -1.47. The third-order valence-corrected chi connectivity index (χ3v) is 3.31. The van der Waals surface area contributed by atoms with E-state index in [4.69, 9.17) is 22.1 Å². The molecule has 2 N–H and O–H groups in total. The molecule has 1 aromatic carbocycles. The number of rotatable bonds is 3. The van der Waals surface area contributed by atoms with Crippen LogP contribution in [0.1, 0.15) is 10.4 Å². The number of ether oxygens (including phenoxy) is 1. The molecule has 0 saturated heterocycles. The van der Waals surface area contributed by atoms with E-state index in [1.54, 1.807) is 17.4 Å². The summed E-state index contributed by atoms with van der Waals surface area (Å²) < 4.78 is 5.64. The van der Waals surface area contributed by atoms with E-state index < -0.39 is 0 Å². The van der Waals surface area contributed by atoms with Gasteiger partial charge in [0.2, 0.25) is 0 Å². The average molecular weight is 278 g/mol. The fourth-order valence-electron chi connectivity index (χ4n) is 1.39. The Balaban J connectivity index is 1.96. The van der Waals surface area contributed by atoms with Crippen LogP contribution in [-0.2, 0) is 6.61 Å². The minimum absolute atomic E-state index is 0.379. The second-order valence-electron chi connectivity index (χ2n) is 3.55. The highest BCUT2D eigenvalue weighted by molar-refractivity contribution is 7.10. The van der Waals surface area contributed by atoms with E-state index in [1.165, 1.54) is 0 Å². The second kappa shape index (κ2) is 6.46. The van der Waals surface area contributed by atoms with Gasteiger partial charge in [0.1, 0.15) is 12.4 Å². The van der Waals surface area contributed by atoms with Gasteiger partial charge in [-0.15, -0.1) is 11.3 Å². The van der Waals surface area contributed by atoms with Crippen molar-refractivity contribution in [2.75, 3.05) is 6.54 Å². The molecule has 0 aliphatic carbocycles. The van der Waals surface area contributed by atoms with Crippen molar-refractivity contribution >= 4 is 22.9 Å². The first-order chi connectivity index (χ1) is 8.78. The number of thiophene rings is 1. The molecule has 0 saturated carbocycles. The largest absolute Gasteiger partial charge is 0.488 e. The van der Waals surface area contributed by atoms with Gasteiger partial charge in [0.25, 0.3) is 0 Å². The zero-order valence-corrected chi connectivity index (χ0v) is 11.2. The molecular formula is C14H12ClNOS. The van der Waals surface area contributed by atoms with Gasteiger partial charge in [0.05, 0.1) is 6.54 Å². The van der Waals surface area contributed by atoms with E-state index in [2.05, 4.69) is 11.8 Å². The Morgan fingerprint density at radius 3 is 3.00 bits per heavy atom. The lowest BCUT2D eigenvalue weighted by atomic mass is 10.3. The zero-order chi connectivity index (χ0) is 12.8. The van der Waals surface area contributed by atoms with Crippen LogP contribution in [0.4, 0.5) is 0 Å². The normalized spacial score (nSPS) is 9.67. The highest BCUT2D eigenvalue weighted by atomic mass is 35.5. The van der Waals surface area contributed by atoms with Gasteiger partial charge < -0.3 is 10.5 Å². The monoisotopic (exact) mass is 277 g/mol. The Morgan fingerprint density at radius 2 is 2.22 bits per heavy atom. The summed E-state index contributed by atoms with van der Waals surface area (Å²) in [5.41, 5.74) is 6.31. The first-order valence-electron chi connectivity index (χ1n) is 5.42. The lowest BCUT2D eigenvalue weighted by Gasteiger charge is -2.04. The standard InChI is InChI=1S/C14H12ClNOS/c15-12-4-1-5-13(8-12)17-9-14-7-11(10-18-14)3-2-6-16/h1,4-5,7-8,10H,6,9,16H2. The second-order valence-corrected chi connectivity index (χ2v) is 4.99. The van der Waals surface area contributed by atoms with Gasteiger partial charge in [-0.3, -0.25) is 0 Å². The molecule has 0 spiro atoms. The van der Waals surface area contributed by atoms with E-state index in [1.807, 2.05) is 29.6 Å². The molecule has 18 heavy (non-hydrogen) atoms. The Kier molecular flexibility index (Phi) is 4.66. The summed E-state index contributed by atoms with van der Waals surface area (Å²) in [7, 11) is 0. The zero-order valence-electron chi connectivity index (χ0n) is 9.65. The average Bonchev–Trinajstić information content (AvgIpc) is 2.82. The topological polar surface area (TPSA) is 35.2 Å². The molecule has 0 atom stereocenters. The van der Waals surface area contributed by atoms with Gasteiger partial charge in [0.15, 0.2) is 0 Å². The van der Waals surface area contributed by atoms with Crippen molar-refractivity contribution in [3.63, 3.8) is 0 Å². The maximum absolute atomic E-state index is 5.88. The van der Waals surface area contributed by atoms with Gasteiger partial charge in [-0.2, -0.15) is 0 Å². The number of hydrogen-bond donors (Lipinski definition) is 1. The van der Waals surface area contributed by atoms with Gasteiger partial charge >= 0.3 is 0 Å². The number of benzene rings is 1. The van der Waals surface area contributed by atoms with Gasteiger partial charge in [-0.05, 0) is 24.3 Å². The minimum Gasteiger partial charge on any atom is -0.488 e. The van der Waals surface area contributed by atoms with E-state index in [9.17, 15) is 0 Å². The van der Waals surface area contributed by atoms with Crippen LogP contribution in [0, 0.1) is 11.8 Å². The fraction of sp³-hybridized carbons (Fsp3) is 0.143. The molecule has 1 aromatic heterocycles. The molecule has 2 nitrogen and oxygen atoms in total. The molecule has 2 aromatic rings. The predicted molar refractivity (Wildman–Crippen MR) is 76.0 cm³/mol. The molecule has 0 bridgehead atoms. The van der Waals surface area contributed by atoms with Crippen LogP contribution >= 0.6 is 22.9 Å². The summed E-state index contributed by atoms with van der Waals surface area (Å²) in [6.45, 7) is 0.902. The van der Waals surface area contributed by atoms with Crippen molar-refractivity contribution in [2.45, 2.75) is 6.61 Å². The first kappa shape index (κ1) is 13.0. The van der Waals surface area contributed by atoms with Crippen LogP contribution in [0.5, 0.6) is 5.75 Å². The summed E-state index contributed by atoms with van der Waals surface area (Å²) in [6.07, 6.45) is 0. The quantitative estimate of drug-likeness (QED) is 0.874. The number of nitrogens with two attached hydrogens (primary N) is 1. The van der Waals surface area contributed by atoms with Gasteiger partial charge in [-0.1, -0.05) is 29.5 Å². The molecule has 0 radical (unpaired) electrons. The lowest BCUT2D eigenvalue weighted by molar-refractivity contribution is 0.310. The third-order valence-electron chi connectivity index (χ3n) is 2.17. The molecule has 0 unspecified atom stereocenters. The molecule has 2 rings (SSSR count). The molecule has 0 aliphatic heterocycles. The van der Waals surface area contributed by atoms with Crippen LogP contribution < -0.4 is 10.5 Å². The van der Waals surface area contributed by atoms with Crippen LogP contribution in [0.15, 0.2) is 35.7 Å². The maximum Gasteiger partial charge on any atom is 0.122 e. The SMILES string of the molecule is NCC#Cc1csc(COc2cccc(Cl)c2)c1. The minimum atomic E-state index is 0.379. The van der Waals surface area contributed by atoms with Crippen LogP contribution in [0.2, 0.25) is 5.02 Å². The molecule has 0 amide bonds. The summed E-state index contributed by atoms with van der Waals surface area (Å²) in [6, 6.07) is 9.38. The van der Waals surface area contributed by atoms with E-state index in [-0.39, 0.29) is 0 Å². The lowest BCUT2D eigenvalue weighted by Crippen LogP contribution is -1.93. The van der Waals surface area contributed by atoms with E-state index in [0.29, 0.717) is 18.2 Å². The van der Waals surface area contributed by atoms with Crippen molar-refractivity contribution in [1.29, 1.82) is 0 Å². The van der Waals surface area contributed by atoms with Crippen molar-refractivity contribution in [1.82, 2.24) is 0 Å². The summed E-state index contributed by atoms with van der Waals surface area (Å²) >= 11 is 7.50. The maximum atomic E-state index is 5.88. The van der Waals surface area contributed by atoms with E-state index >= 15 is 0 Å². The molecule has 0 aliphatic rings. The van der Waals surface area contributed by atoms with Crippen LogP contribution in [0.3, 0.4) is 0 Å². The number of hydrogen-bond acceptors (Lipinski definition) is 3. The summed E-state index contributed by atoms with van der Waals surface area (Å²) in [4.78, 5) is 1.12. The van der Waals surface area contributed by atoms with Gasteiger partial charge in [-0.25, -0.2) is 0 Å². The van der Waals surface area contributed by atoms with Gasteiger partial charge in [0, 0.05) is 20.8 Å². The van der Waals surface area contributed by atoms with Crippen molar-refractivity contribution in [3.05, 3.63) is 51.2 Å². The molecule has 0 fully saturated rings. The van der Waals surface area contributed by atoms with Crippen molar-refractivity contribution in [2.24, 2.45) is 5.73 Å². The Labute approximate surface area is 115 Å². The highest BCUT2D eigenvalue weighted by Crippen LogP contribution is 2.20. The fourth-order valence-corrected chi connectivity index (χ4v) is 2.29. The van der Waals surface area contributed by atoms with Crippen molar-refractivity contribution in [3.8, 4) is 17.6 Å². The van der Waals surface area contributed by atoms with Crippen LogP contribution in [-0.4, -0.2) is 6.54 Å². The first-order valence-corrected chi connectivity index (χ1v) is 6.68. The molecule has 92 valence electrons. The molecule has 1 heterocycles. The Bertz CT molecular complexity index is 583. The summed E-state index contributed by atoms with van der Waals surface area (Å²) in [5.74, 6) is 6.59. The van der Waals surface area contributed by atoms with E-state index in [0.717, 1.165) is 16.2 Å². The Morgan fingerprint density at radius 1 is 1.33 bits per heavy atom. The molecular weight excluding hydrogens is 266 g/mol. The molecule has 4 heteroatoms. The number of halogens is 1. The predicted octanol–water partition coefficient (Wildman–Crippen LogP) is 3.29. The summed E-state index contributed by atoms with van der Waals surface area (Å²) in [5, 5.41) is 2.67. The highest BCUT2D eigenvalue weighted by Gasteiger charge is 2.00.